The lowest BCUT2D eigenvalue weighted by molar-refractivity contribution is 0.228. The van der Waals surface area contributed by atoms with E-state index in [9.17, 15) is 9.18 Å². The van der Waals surface area contributed by atoms with Crippen LogP contribution >= 0.6 is 0 Å². The molecule has 0 aliphatic rings. The number of amides is 2. The number of nitrogens with one attached hydrogen (secondary N) is 2. The smallest absolute Gasteiger partial charge is 0.315 e. The zero-order valence-electron chi connectivity index (χ0n) is 15.7. The fourth-order valence-electron chi connectivity index (χ4n) is 3.04. The number of hydrogen-bond donors (Lipinski definition) is 2. The number of likely N-dealkylation sites (N-methyl/N-ethyl adjacent to an activating group) is 1. The molecule has 0 aliphatic heterocycles. The highest BCUT2D eigenvalue weighted by Gasteiger charge is 2.18. The third kappa shape index (κ3) is 4.65. The van der Waals surface area contributed by atoms with Crippen LogP contribution in [0.4, 0.5) is 9.18 Å². The molecule has 1 heterocycles. The van der Waals surface area contributed by atoms with Crippen LogP contribution in [0.25, 0.3) is 11.0 Å². The Labute approximate surface area is 158 Å². The molecule has 0 saturated carbocycles. The number of rotatable bonds is 6. The second kappa shape index (κ2) is 8.22. The Balaban J connectivity index is 1.60. The predicted molar refractivity (Wildman–Crippen MR) is 104 cm³/mol. The lowest BCUT2D eigenvalue weighted by Crippen LogP contribution is -2.41. The molecule has 0 aliphatic carbocycles. The summed E-state index contributed by atoms with van der Waals surface area (Å²) >= 11 is 0. The zero-order chi connectivity index (χ0) is 19.4. The second-order valence-corrected chi connectivity index (χ2v) is 6.80. The molecule has 5 nitrogen and oxygen atoms in total. The zero-order valence-corrected chi connectivity index (χ0v) is 15.7. The van der Waals surface area contributed by atoms with E-state index in [0.717, 1.165) is 16.5 Å². The minimum absolute atomic E-state index is 0.132. The number of hydrogen-bond acceptors (Lipinski definition) is 3. The van der Waals surface area contributed by atoms with Gasteiger partial charge in [0, 0.05) is 11.9 Å². The molecule has 1 aromatic heterocycles. The van der Waals surface area contributed by atoms with E-state index in [-0.39, 0.29) is 23.9 Å². The standard InChI is InChI=1S/C21H24FN3O2/c1-14(20-12-16-7-4-5-10-19(16)27-20)24-21(26)23-13-18(25(2)3)15-8-6-9-17(22)11-15/h4-12,14,18H,13H2,1-3H3,(H2,23,24,26). The normalized spacial score (nSPS) is 13.5. The lowest BCUT2D eigenvalue weighted by atomic mass is 10.1. The van der Waals surface area contributed by atoms with Crippen molar-refractivity contribution >= 4 is 17.0 Å². The molecule has 27 heavy (non-hydrogen) atoms. The predicted octanol–water partition coefficient (Wildman–Crippen LogP) is 4.24. The van der Waals surface area contributed by atoms with Crippen LogP contribution in [0.3, 0.4) is 0 Å². The number of carbonyl (C=O) groups is 1. The molecule has 6 heteroatoms. The second-order valence-electron chi connectivity index (χ2n) is 6.80. The fourth-order valence-corrected chi connectivity index (χ4v) is 3.04. The van der Waals surface area contributed by atoms with E-state index in [1.54, 1.807) is 6.07 Å². The fraction of sp³-hybridized carbons (Fsp3) is 0.286. The summed E-state index contributed by atoms with van der Waals surface area (Å²) in [4.78, 5) is 14.3. The summed E-state index contributed by atoms with van der Waals surface area (Å²) in [6.45, 7) is 2.22. The number of urea groups is 1. The van der Waals surface area contributed by atoms with Crippen LogP contribution in [0, 0.1) is 5.82 Å². The van der Waals surface area contributed by atoms with E-state index in [1.807, 2.05) is 62.3 Å². The van der Waals surface area contributed by atoms with Crippen LogP contribution in [0.5, 0.6) is 0 Å². The molecule has 3 aromatic rings. The topological polar surface area (TPSA) is 57.5 Å². The van der Waals surface area contributed by atoms with E-state index in [4.69, 9.17) is 4.42 Å². The Hall–Kier alpha value is -2.86. The summed E-state index contributed by atoms with van der Waals surface area (Å²) in [7, 11) is 3.79. The average molecular weight is 369 g/mol. The van der Waals surface area contributed by atoms with Crippen molar-refractivity contribution in [3.8, 4) is 0 Å². The van der Waals surface area contributed by atoms with Gasteiger partial charge in [0.05, 0.1) is 12.1 Å². The Kier molecular flexibility index (Phi) is 5.76. The van der Waals surface area contributed by atoms with E-state index in [1.165, 1.54) is 12.1 Å². The van der Waals surface area contributed by atoms with Crippen LogP contribution in [0.2, 0.25) is 0 Å². The third-order valence-electron chi connectivity index (χ3n) is 4.53. The molecule has 142 valence electrons. The Morgan fingerprint density at radius 3 is 2.63 bits per heavy atom. The number of para-hydroxylation sites is 1. The highest BCUT2D eigenvalue weighted by Crippen LogP contribution is 2.23. The first-order chi connectivity index (χ1) is 12.9. The van der Waals surface area contributed by atoms with Crippen molar-refractivity contribution in [2.24, 2.45) is 0 Å². The summed E-state index contributed by atoms with van der Waals surface area (Å²) in [5.41, 5.74) is 1.60. The number of nitrogens with zero attached hydrogens (tertiary/aromatic N) is 1. The summed E-state index contributed by atoms with van der Waals surface area (Å²) < 4.78 is 19.3. The van der Waals surface area contributed by atoms with Crippen molar-refractivity contribution in [2.75, 3.05) is 20.6 Å². The Morgan fingerprint density at radius 1 is 1.15 bits per heavy atom. The number of halogens is 1. The average Bonchev–Trinajstić information content (AvgIpc) is 3.06. The van der Waals surface area contributed by atoms with Gasteiger partial charge < -0.3 is 20.0 Å². The molecule has 2 aromatic carbocycles. The SMILES string of the molecule is CC(NC(=O)NCC(c1cccc(F)c1)N(C)C)c1cc2ccccc2o1. The van der Waals surface area contributed by atoms with Gasteiger partial charge in [-0.1, -0.05) is 30.3 Å². The van der Waals surface area contributed by atoms with E-state index < -0.39 is 0 Å². The van der Waals surface area contributed by atoms with Gasteiger partial charge in [-0.15, -0.1) is 0 Å². The molecule has 0 fully saturated rings. The van der Waals surface area contributed by atoms with Gasteiger partial charge >= 0.3 is 6.03 Å². The van der Waals surface area contributed by atoms with Gasteiger partial charge in [0.25, 0.3) is 0 Å². The van der Waals surface area contributed by atoms with Crippen LogP contribution in [0.1, 0.15) is 30.3 Å². The minimum atomic E-state index is -0.300. The number of furan rings is 1. The van der Waals surface area contributed by atoms with Crippen LogP contribution in [-0.4, -0.2) is 31.6 Å². The number of benzene rings is 2. The van der Waals surface area contributed by atoms with Crippen molar-refractivity contribution < 1.29 is 13.6 Å². The van der Waals surface area contributed by atoms with Gasteiger partial charge in [-0.05, 0) is 50.8 Å². The van der Waals surface area contributed by atoms with E-state index in [0.29, 0.717) is 12.3 Å². The van der Waals surface area contributed by atoms with Crippen molar-refractivity contribution in [3.63, 3.8) is 0 Å². The van der Waals surface area contributed by atoms with Gasteiger partial charge in [0.2, 0.25) is 0 Å². The Morgan fingerprint density at radius 2 is 1.93 bits per heavy atom. The maximum atomic E-state index is 13.5. The highest BCUT2D eigenvalue weighted by molar-refractivity contribution is 5.78. The molecule has 0 saturated heterocycles. The van der Waals surface area contributed by atoms with Gasteiger partial charge in [-0.2, -0.15) is 0 Å². The van der Waals surface area contributed by atoms with E-state index in [2.05, 4.69) is 10.6 Å². The molecule has 0 radical (unpaired) electrons. The van der Waals surface area contributed by atoms with Crippen LogP contribution in [0.15, 0.2) is 59.0 Å². The minimum Gasteiger partial charge on any atom is -0.459 e. The van der Waals surface area contributed by atoms with Crippen LogP contribution in [-0.2, 0) is 0 Å². The van der Waals surface area contributed by atoms with E-state index >= 15 is 0 Å². The molecule has 0 spiro atoms. The molecule has 2 N–H and O–H groups in total. The molecule has 0 bridgehead atoms. The maximum absolute atomic E-state index is 13.5. The van der Waals surface area contributed by atoms with Crippen molar-refractivity contribution in [1.29, 1.82) is 0 Å². The monoisotopic (exact) mass is 369 g/mol. The first-order valence-electron chi connectivity index (χ1n) is 8.89. The molecule has 3 rings (SSSR count). The summed E-state index contributed by atoms with van der Waals surface area (Å²) in [6.07, 6.45) is 0. The van der Waals surface area contributed by atoms with Crippen LogP contribution < -0.4 is 10.6 Å². The van der Waals surface area contributed by atoms with Gasteiger partial charge in [-0.3, -0.25) is 0 Å². The summed E-state index contributed by atoms with van der Waals surface area (Å²) in [5, 5.41) is 6.74. The third-order valence-corrected chi connectivity index (χ3v) is 4.53. The first kappa shape index (κ1) is 18.9. The Bertz CT molecular complexity index is 889. The quantitative estimate of drug-likeness (QED) is 0.683. The van der Waals surface area contributed by atoms with Crippen molar-refractivity contribution in [1.82, 2.24) is 15.5 Å². The summed E-state index contributed by atoms with van der Waals surface area (Å²) in [6, 6.07) is 15.4. The van der Waals surface area contributed by atoms with Gasteiger partial charge in [-0.25, -0.2) is 9.18 Å². The van der Waals surface area contributed by atoms with Gasteiger partial charge in [0.15, 0.2) is 0 Å². The molecular formula is C21H24FN3O2. The molecule has 2 amide bonds. The molecule has 2 atom stereocenters. The molecule has 2 unspecified atom stereocenters. The number of fused-ring (bicyclic) bond motifs is 1. The largest absolute Gasteiger partial charge is 0.459 e. The highest BCUT2D eigenvalue weighted by atomic mass is 19.1. The number of carbonyl (C=O) groups excluding carboxylic acids is 1. The molecular weight excluding hydrogens is 345 g/mol. The van der Waals surface area contributed by atoms with Crippen molar-refractivity contribution in [2.45, 2.75) is 19.0 Å². The first-order valence-corrected chi connectivity index (χ1v) is 8.89. The van der Waals surface area contributed by atoms with Gasteiger partial charge in [0.1, 0.15) is 17.2 Å². The maximum Gasteiger partial charge on any atom is 0.315 e. The lowest BCUT2D eigenvalue weighted by Gasteiger charge is -2.25. The summed E-state index contributed by atoms with van der Waals surface area (Å²) in [5.74, 6) is 0.406. The van der Waals surface area contributed by atoms with Crippen molar-refractivity contribution in [3.05, 3.63) is 71.7 Å².